The maximum atomic E-state index is 13.1. The zero-order valence-corrected chi connectivity index (χ0v) is 32.3. The summed E-state index contributed by atoms with van der Waals surface area (Å²) in [5.41, 5.74) is 4.55. The SMILES string of the molecule is COC(=O)c1ccc(CBr)nc1.COC(=O)c1ccc(CN(C(=O)N2CC3(COC3)C2)c2ccccc2)nc1.O=C(Nc1ccccc1)N1CC2(COC2)C1. The number of benzene rings is 2. The number of amides is 4. The maximum absolute atomic E-state index is 13.1. The number of ether oxygens (including phenoxy) is 4. The van der Waals surface area contributed by atoms with Crippen LogP contribution in [0.25, 0.3) is 0 Å². The number of pyridine rings is 2. The largest absolute Gasteiger partial charge is 0.465 e. The van der Waals surface area contributed by atoms with Gasteiger partial charge in [0.15, 0.2) is 0 Å². The van der Waals surface area contributed by atoms with Gasteiger partial charge in [-0.25, -0.2) is 19.2 Å². The lowest BCUT2D eigenvalue weighted by molar-refractivity contribution is -0.174. The number of hydrogen-bond donors (Lipinski definition) is 1. The number of aromatic nitrogens is 2. The average molecular weight is 816 g/mol. The number of carbonyl (C=O) groups is 4. The molecule has 0 radical (unpaired) electrons. The number of likely N-dealkylation sites (tertiary alicyclic amines) is 2. The van der Waals surface area contributed by atoms with Crippen LogP contribution in [-0.4, -0.2) is 111 Å². The first-order valence-corrected chi connectivity index (χ1v) is 18.8. The quantitative estimate of drug-likeness (QED) is 0.183. The van der Waals surface area contributed by atoms with E-state index in [4.69, 9.17) is 14.2 Å². The smallest absolute Gasteiger partial charge is 0.339 e. The predicted molar refractivity (Wildman–Crippen MR) is 207 cm³/mol. The van der Waals surface area contributed by atoms with Crippen molar-refractivity contribution in [1.29, 1.82) is 0 Å². The molecule has 14 nitrogen and oxygen atoms in total. The van der Waals surface area contributed by atoms with Crippen LogP contribution in [0.3, 0.4) is 0 Å². The standard InChI is InChI=1S/C20H21N3O4.C12H14N2O2.C8H8BrNO2/c1-26-18(24)15-7-8-16(21-9-15)10-23(17-5-3-2-4-6-17)19(25)22-11-20(12-22)13-27-14-20;15-11(13-10-4-2-1-3-5-10)14-6-12(7-14)8-16-9-12;1-12-8(11)6-2-3-7(4-9)10-5-6/h2-9H,10-14H2,1H3;1-5H,6-9H2,(H,13,15);2-3,5H,4H2,1H3. The zero-order chi connectivity index (χ0) is 38.8. The summed E-state index contributed by atoms with van der Waals surface area (Å²) in [5, 5.41) is 3.56. The first kappa shape index (κ1) is 39.3. The molecule has 4 saturated heterocycles. The number of esters is 2. The molecule has 4 aliphatic heterocycles. The molecule has 2 spiro atoms. The van der Waals surface area contributed by atoms with Gasteiger partial charge in [0.2, 0.25) is 0 Å². The minimum absolute atomic E-state index is 0.0104. The highest BCUT2D eigenvalue weighted by atomic mass is 79.9. The summed E-state index contributed by atoms with van der Waals surface area (Å²) in [7, 11) is 2.68. The predicted octanol–water partition coefficient (Wildman–Crippen LogP) is 5.64. The molecule has 4 amide bonds. The fourth-order valence-electron chi connectivity index (χ4n) is 6.39. The molecule has 15 heteroatoms. The highest BCUT2D eigenvalue weighted by Gasteiger charge is 2.52. The molecule has 2 aromatic carbocycles. The van der Waals surface area contributed by atoms with E-state index < -0.39 is 5.97 Å². The fourth-order valence-corrected chi connectivity index (χ4v) is 6.72. The molecular weight excluding hydrogens is 772 g/mol. The third-order valence-corrected chi connectivity index (χ3v) is 10.1. The number of methoxy groups -OCH3 is 2. The molecule has 0 unspecified atom stereocenters. The summed E-state index contributed by atoms with van der Waals surface area (Å²) in [4.78, 5) is 61.1. The van der Waals surface area contributed by atoms with Gasteiger partial charge in [-0.1, -0.05) is 52.3 Å². The summed E-state index contributed by atoms with van der Waals surface area (Å²) >= 11 is 3.26. The van der Waals surface area contributed by atoms with Crippen LogP contribution in [0, 0.1) is 10.8 Å². The molecule has 2 aromatic heterocycles. The number of para-hydroxylation sites is 2. The lowest BCUT2D eigenvalue weighted by Crippen LogP contribution is -2.68. The summed E-state index contributed by atoms with van der Waals surface area (Å²) in [5.74, 6) is -0.790. The minimum Gasteiger partial charge on any atom is -0.465 e. The molecule has 8 rings (SSSR count). The van der Waals surface area contributed by atoms with Crippen LogP contribution in [0.4, 0.5) is 21.0 Å². The first-order chi connectivity index (χ1) is 26.6. The van der Waals surface area contributed by atoms with Gasteiger partial charge >= 0.3 is 24.0 Å². The van der Waals surface area contributed by atoms with Gasteiger partial charge in [0.1, 0.15) is 0 Å². The molecular formula is C40H43BrN6O8. The molecule has 4 fully saturated rings. The highest BCUT2D eigenvalue weighted by molar-refractivity contribution is 9.08. The van der Waals surface area contributed by atoms with Crippen molar-refractivity contribution in [2.45, 2.75) is 11.9 Å². The number of anilines is 2. The molecule has 4 aromatic rings. The molecule has 4 aliphatic rings. The Morgan fingerprint density at radius 3 is 1.64 bits per heavy atom. The van der Waals surface area contributed by atoms with E-state index in [0.717, 1.165) is 69.7 Å². The minimum atomic E-state index is -0.432. The van der Waals surface area contributed by atoms with E-state index in [1.165, 1.54) is 26.6 Å². The van der Waals surface area contributed by atoms with Crippen LogP contribution in [0.15, 0.2) is 97.3 Å². The first-order valence-electron chi connectivity index (χ1n) is 17.7. The van der Waals surface area contributed by atoms with Crippen molar-refractivity contribution in [2.75, 3.05) is 77.0 Å². The topological polar surface area (TPSA) is 153 Å². The van der Waals surface area contributed by atoms with E-state index in [9.17, 15) is 19.2 Å². The average Bonchev–Trinajstić information content (AvgIpc) is 3.15. The number of halogens is 1. The van der Waals surface area contributed by atoms with Crippen LogP contribution in [0.2, 0.25) is 0 Å². The van der Waals surface area contributed by atoms with Crippen molar-refractivity contribution in [3.05, 3.63) is 120 Å². The van der Waals surface area contributed by atoms with Gasteiger partial charge in [0.05, 0.1) is 80.5 Å². The summed E-state index contributed by atoms with van der Waals surface area (Å²) < 4.78 is 19.7. The van der Waals surface area contributed by atoms with E-state index in [1.807, 2.05) is 70.5 Å². The Morgan fingerprint density at radius 2 is 1.20 bits per heavy atom. The van der Waals surface area contributed by atoms with Crippen molar-refractivity contribution >= 4 is 51.3 Å². The number of carbonyl (C=O) groups excluding carboxylic acids is 4. The molecule has 0 saturated carbocycles. The third-order valence-electron chi connectivity index (χ3n) is 9.57. The third kappa shape index (κ3) is 9.65. The Bertz CT molecular complexity index is 1910. The monoisotopic (exact) mass is 814 g/mol. The Balaban J connectivity index is 0.000000155. The maximum Gasteiger partial charge on any atom is 0.339 e. The van der Waals surface area contributed by atoms with E-state index >= 15 is 0 Å². The number of nitrogens with zero attached hydrogens (tertiary/aromatic N) is 5. The fraction of sp³-hybridized carbons (Fsp3) is 0.350. The highest BCUT2D eigenvalue weighted by Crippen LogP contribution is 2.39. The van der Waals surface area contributed by atoms with Gasteiger partial charge in [-0.2, -0.15) is 0 Å². The van der Waals surface area contributed by atoms with Crippen LogP contribution < -0.4 is 10.2 Å². The molecule has 55 heavy (non-hydrogen) atoms. The lowest BCUT2D eigenvalue weighted by atomic mass is 9.78. The van der Waals surface area contributed by atoms with Crippen LogP contribution >= 0.6 is 15.9 Å². The van der Waals surface area contributed by atoms with Crippen molar-refractivity contribution in [3.63, 3.8) is 0 Å². The van der Waals surface area contributed by atoms with Crippen molar-refractivity contribution in [2.24, 2.45) is 10.8 Å². The van der Waals surface area contributed by atoms with Gasteiger partial charge in [0, 0.05) is 55.3 Å². The van der Waals surface area contributed by atoms with Crippen LogP contribution in [0.1, 0.15) is 32.1 Å². The van der Waals surface area contributed by atoms with E-state index in [1.54, 1.807) is 29.2 Å². The molecule has 0 aliphatic carbocycles. The second kappa shape index (κ2) is 17.8. The number of urea groups is 2. The van der Waals surface area contributed by atoms with E-state index in [0.29, 0.717) is 28.7 Å². The number of alkyl halides is 1. The normalized spacial score (nSPS) is 16.6. The van der Waals surface area contributed by atoms with Gasteiger partial charge in [-0.15, -0.1) is 0 Å². The molecule has 6 heterocycles. The number of nitrogens with one attached hydrogen (secondary N) is 1. The number of hydrogen-bond acceptors (Lipinski definition) is 10. The molecule has 288 valence electrons. The van der Waals surface area contributed by atoms with Crippen LogP contribution in [-0.2, 0) is 30.8 Å². The number of rotatable bonds is 7. The Kier molecular flexibility index (Phi) is 12.8. The zero-order valence-electron chi connectivity index (χ0n) is 30.7. The summed E-state index contributed by atoms with van der Waals surface area (Å²) in [6, 6.07) is 25.9. The Hall–Kier alpha value is -5.38. The van der Waals surface area contributed by atoms with Crippen molar-refractivity contribution in [3.8, 4) is 0 Å². The molecule has 0 atom stereocenters. The summed E-state index contributed by atoms with van der Waals surface area (Å²) in [6.07, 6.45) is 2.97. The summed E-state index contributed by atoms with van der Waals surface area (Å²) in [6.45, 7) is 6.51. The van der Waals surface area contributed by atoms with E-state index in [2.05, 4.69) is 36.0 Å². The van der Waals surface area contributed by atoms with Crippen molar-refractivity contribution in [1.82, 2.24) is 19.8 Å². The second-order valence-corrected chi connectivity index (χ2v) is 14.5. The second-order valence-electron chi connectivity index (χ2n) is 13.9. The van der Waals surface area contributed by atoms with Gasteiger partial charge in [-0.05, 0) is 48.5 Å². The Labute approximate surface area is 327 Å². The molecule has 0 bridgehead atoms. The van der Waals surface area contributed by atoms with Gasteiger partial charge < -0.3 is 34.1 Å². The van der Waals surface area contributed by atoms with Gasteiger partial charge in [-0.3, -0.25) is 14.9 Å². The van der Waals surface area contributed by atoms with Crippen molar-refractivity contribution < 1.29 is 38.1 Å². The van der Waals surface area contributed by atoms with E-state index in [-0.39, 0.29) is 28.9 Å². The Morgan fingerprint density at radius 1 is 0.709 bits per heavy atom. The molecule has 1 N–H and O–H groups in total. The van der Waals surface area contributed by atoms with Crippen LogP contribution in [0.5, 0.6) is 0 Å². The lowest BCUT2D eigenvalue weighted by Gasteiger charge is -2.55. The van der Waals surface area contributed by atoms with Gasteiger partial charge in [0.25, 0.3) is 0 Å².